The lowest BCUT2D eigenvalue weighted by Gasteiger charge is -2.07. The van der Waals surface area contributed by atoms with Crippen LogP contribution in [0.5, 0.6) is 5.75 Å². The Hall–Kier alpha value is -3.79. The van der Waals surface area contributed by atoms with Crippen molar-refractivity contribution in [1.82, 2.24) is 14.7 Å². The average molecular weight is 346 g/mol. The number of nitrogens with one attached hydrogen (secondary N) is 1. The largest absolute Gasteiger partial charge is 0.497 e. The van der Waals surface area contributed by atoms with E-state index in [2.05, 4.69) is 20.7 Å². The van der Waals surface area contributed by atoms with Gasteiger partial charge < -0.3 is 9.30 Å². The van der Waals surface area contributed by atoms with Crippen LogP contribution in [-0.4, -0.2) is 21.8 Å². The molecule has 4 rings (SSSR count). The van der Waals surface area contributed by atoms with Crippen LogP contribution < -0.4 is 10.5 Å². The molecule has 0 spiro atoms. The minimum Gasteiger partial charge on any atom is -0.497 e. The molecule has 1 N–H and O–H groups in total. The van der Waals surface area contributed by atoms with E-state index < -0.39 is 5.76 Å². The zero-order valence-corrected chi connectivity index (χ0v) is 13.9. The van der Waals surface area contributed by atoms with Crippen LogP contribution in [0.15, 0.2) is 58.0 Å². The zero-order chi connectivity index (χ0) is 18.1. The Labute approximate surface area is 148 Å². The van der Waals surface area contributed by atoms with E-state index in [9.17, 15) is 10.1 Å². The van der Waals surface area contributed by atoms with Gasteiger partial charge in [-0.1, -0.05) is 17.3 Å². The normalized spacial score (nSPS) is 10.8. The molecule has 0 aliphatic carbocycles. The van der Waals surface area contributed by atoms with Gasteiger partial charge in [-0.2, -0.15) is 5.26 Å². The molecule has 0 aliphatic rings. The molecule has 26 heavy (non-hydrogen) atoms. The number of hydrogen-bond donors (Lipinski definition) is 1. The minimum atomic E-state index is -0.615. The second-order valence-corrected chi connectivity index (χ2v) is 5.81. The quantitative estimate of drug-likeness (QED) is 0.613. The topological polar surface area (TPSA) is 96.8 Å². The summed E-state index contributed by atoms with van der Waals surface area (Å²) in [6, 6.07) is 15.6. The Morgan fingerprint density at radius 3 is 2.92 bits per heavy atom. The first-order chi connectivity index (χ1) is 12.7. The molecule has 0 aliphatic heterocycles. The highest BCUT2D eigenvalue weighted by molar-refractivity contribution is 5.89. The predicted octanol–water partition coefficient (Wildman–Crippen LogP) is 2.91. The second kappa shape index (κ2) is 6.26. The summed E-state index contributed by atoms with van der Waals surface area (Å²) in [5, 5.41) is 14.0. The standard InChI is InChI=1S/C19H14N4O3/c1-25-15-4-2-3-12(7-15)10-23-11-14(9-20)16-8-13(5-6-17(16)23)18-21-19(24)26-22-18/h2-8,11H,10H2,1H3,(H,21,22,24). The zero-order valence-electron chi connectivity index (χ0n) is 13.9. The molecule has 0 unspecified atom stereocenters. The number of nitrogens with zero attached hydrogens (tertiary/aromatic N) is 3. The smallest absolute Gasteiger partial charge is 0.439 e. The van der Waals surface area contributed by atoms with E-state index in [1.165, 1.54) is 0 Å². The SMILES string of the molecule is COc1cccc(Cn2cc(C#N)c3cc(-c4noc(=O)[nH]4)ccc32)c1. The Morgan fingerprint density at radius 2 is 2.19 bits per heavy atom. The van der Waals surface area contributed by atoms with Crippen molar-refractivity contribution in [3.63, 3.8) is 0 Å². The summed E-state index contributed by atoms with van der Waals surface area (Å²) >= 11 is 0. The molecule has 7 heteroatoms. The highest BCUT2D eigenvalue weighted by Gasteiger charge is 2.12. The van der Waals surface area contributed by atoms with Crippen LogP contribution in [0.3, 0.4) is 0 Å². The number of ether oxygens (including phenoxy) is 1. The number of rotatable bonds is 4. The maximum Gasteiger partial charge on any atom is 0.439 e. The van der Waals surface area contributed by atoms with Crippen molar-refractivity contribution in [2.75, 3.05) is 7.11 Å². The predicted molar refractivity (Wildman–Crippen MR) is 94.9 cm³/mol. The van der Waals surface area contributed by atoms with E-state index in [0.717, 1.165) is 22.2 Å². The second-order valence-electron chi connectivity index (χ2n) is 5.81. The van der Waals surface area contributed by atoms with Crippen molar-refractivity contribution >= 4 is 10.9 Å². The van der Waals surface area contributed by atoms with Crippen LogP contribution in [0.4, 0.5) is 0 Å². The van der Waals surface area contributed by atoms with Crippen molar-refractivity contribution in [2.24, 2.45) is 0 Å². The number of methoxy groups -OCH3 is 1. The Kier molecular flexibility index (Phi) is 3.78. The van der Waals surface area contributed by atoms with Gasteiger partial charge in [0.05, 0.1) is 12.7 Å². The van der Waals surface area contributed by atoms with Crippen LogP contribution in [0.1, 0.15) is 11.1 Å². The summed E-state index contributed by atoms with van der Waals surface area (Å²) in [6.45, 7) is 0.607. The monoisotopic (exact) mass is 346 g/mol. The molecule has 0 bridgehead atoms. The highest BCUT2D eigenvalue weighted by Crippen LogP contribution is 2.27. The first-order valence-electron chi connectivity index (χ1n) is 7.90. The molecule has 0 radical (unpaired) electrons. The fourth-order valence-corrected chi connectivity index (χ4v) is 2.99. The van der Waals surface area contributed by atoms with Gasteiger partial charge in [0.1, 0.15) is 11.8 Å². The molecular formula is C19H14N4O3. The summed E-state index contributed by atoms with van der Waals surface area (Å²) in [7, 11) is 1.63. The molecule has 128 valence electrons. The van der Waals surface area contributed by atoms with Crippen molar-refractivity contribution in [1.29, 1.82) is 5.26 Å². The van der Waals surface area contributed by atoms with E-state index in [-0.39, 0.29) is 0 Å². The number of H-pyrrole nitrogens is 1. The number of fused-ring (bicyclic) bond motifs is 1. The summed E-state index contributed by atoms with van der Waals surface area (Å²) in [5.74, 6) is 0.509. The molecule has 2 aromatic carbocycles. The van der Waals surface area contributed by atoms with Crippen molar-refractivity contribution in [2.45, 2.75) is 6.54 Å². The third-order valence-corrected chi connectivity index (χ3v) is 4.20. The van der Waals surface area contributed by atoms with Gasteiger partial charge in [0, 0.05) is 29.2 Å². The van der Waals surface area contributed by atoms with Gasteiger partial charge in [-0.05, 0) is 35.9 Å². The lowest BCUT2D eigenvalue weighted by atomic mass is 10.1. The summed E-state index contributed by atoms with van der Waals surface area (Å²) in [5.41, 5.74) is 3.21. The highest BCUT2D eigenvalue weighted by atomic mass is 16.5. The number of aromatic nitrogens is 3. The van der Waals surface area contributed by atoms with Gasteiger partial charge in [0.15, 0.2) is 5.82 Å². The van der Waals surface area contributed by atoms with Gasteiger partial charge in [0.2, 0.25) is 0 Å². The maximum atomic E-state index is 11.2. The van der Waals surface area contributed by atoms with Crippen molar-refractivity contribution in [3.05, 3.63) is 70.3 Å². The molecule has 0 saturated carbocycles. The van der Waals surface area contributed by atoms with Crippen molar-refractivity contribution in [3.8, 4) is 23.2 Å². The summed E-state index contributed by atoms with van der Waals surface area (Å²) < 4.78 is 11.8. The fraction of sp³-hybridized carbons (Fsp3) is 0.105. The molecule has 0 atom stereocenters. The molecule has 2 aromatic heterocycles. The van der Waals surface area contributed by atoms with E-state index in [1.807, 2.05) is 53.2 Å². The molecule has 4 aromatic rings. The van der Waals surface area contributed by atoms with Crippen LogP contribution >= 0.6 is 0 Å². The minimum absolute atomic E-state index is 0.335. The Bertz CT molecular complexity index is 1190. The maximum absolute atomic E-state index is 11.2. The van der Waals surface area contributed by atoms with Gasteiger partial charge in [-0.25, -0.2) is 4.79 Å². The van der Waals surface area contributed by atoms with E-state index in [0.29, 0.717) is 23.5 Å². The number of aromatic amines is 1. The van der Waals surface area contributed by atoms with Gasteiger partial charge in [-0.15, -0.1) is 0 Å². The average Bonchev–Trinajstić information content (AvgIpc) is 3.25. The fourth-order valence-electron chi connectivity index (χ4n) is 2.99. The molecule has 2 heterocycles. The molecule has 0 saturated heterocycles. The molecule has 7 nitrogen and oxygen atoms in total. The third-order valence-electron chi connectivity index (χ3n) is 4.20. The van der Waals surface area contributed by atoms with E-state index >= 15 is 0 Å². The van der Waals surface area contributed by atoms with Crippen LogP contribution in [0.25, 0.3) is 22.3 Å². The van der Waals surface area contributed by atoms with Crippen LogP contribution in [0.2, 0.25) is 0 Å². The molecule has 0 fully saturated rings. The lowest BCUT2D eigenvalue weighted by molar-refractivity contribution is 0.388. The van der Waals surface area contributed by atoms with Crippen LogP contribution in [0, 0.1) is 11.3 Å². The van der Waals surface area contributed by atoms with Gasteiger partial charge >= 0.3 is 5.76 Å². The Balaban J connectivity index is 1.79. The van der Waals surface area contributed by atoms with Gasteiger partial charge in [-0.3, -0.25) is 9.51 Å². The number of benzene rings is 2. The van der Waals surface area contributed by atoms with Crippen LogP contribution in [-0.2, 0) is 6.54 Å². The van der Waals surface area contributed by atoms with Crippen molar-refractivity contribution < 1.29 is 9.26 Å². The third kappa shape index (κ3) is 2.74. The first-order valence-corrected chi connectivity index (χ1v) is 7.90. The van der Waals surface area contributed by atoms with Gasteiger partial charge in [0.25, 0.3) is 0 Å². The summed E-state index contributed by atoms with van der Waals surface area (Å²) in [4.78, 5) is 13.7. The first kappa shape index (κ1) is 15.7. The Morgan fingerprint density at radius 1 is 1.31 bits per heavy atom. The number of hydrogen-bond acceptors (Lipinski definition) is 5. The number of nitriles is 1. The van der Waals surface area contributed by atoms with E-state index in [4.69, 9.17) is 4.74 Å². The molecule has 0 amide bonds. The summed E-state index contributed by atoms with van der Waals surface area (Å²) in [6.07, 6.45) is 1.82. The lowest BCUT2D eigenvalue weighted by Crippen LogP contribution is -1.98. The van der Waals surface area contributed by atoms with E-state index in [1.54, 1.807) is 7.11 Å². The molecular weight excluding hydrogens is 332 g/mol.